The number of likely N-dealkylation sites (tertiary alicyclic amines) is 1. The fourth-order valence-electron chi connectivity index (χ4n) is 2.28. The Hall–Kier alpha value is -0.530. The van der Waals surface area contributed by atoms with Crippen LogP contribution in [-0.4, -0.2) is 23.4 Å². The summed E-state index contributed by atoms with van der Waals surface area (Å²) in [6.45, 7) is 7.59. The topological polar surface area (TPSA) is 20.3 Å². The zero-order valence-corrected chi connectivity index (χ0v) is 8.79. The van der Waals surface area contributed by atoms with Gasteiger partial charge in [0, 0.05) is 18.5 Å². The molecule has 2 fully saturated rings. The molecule has 2 unspecified atom stereocenters. The lowest BCUT2D eigenvalue weighted by Gasteiger charge is -2.23. The van der Waals surface area contributed by atoms with Crippen molar-refractivity contribution in [2.75, 3.05) is 6.54 Å². The molecule has 0 aromatic rings. The van der Waals surface area contributed by atoms with E-state index in [0.717, 1.165) is 13.0 Å². The normalized spacial score (nSPS) is 43.8. The van der Waals surface area contributed by atoms with Gasteiger partial charge in [0.25, 0.3) is 0 Å². The molecule has 0 aromatic heterocycles. The first-order chi connectivity index (χ1) is 6.11. The number of hydrogen-bond donors (Lipinski definition) is 0. The van der Waals surface area contributed by atoms with E-state index < -0.39 is 0 Å². The molecule has 1 saturated carbocycles. The summed E-state index contributed by atoms with van der Waals surface area (Å²) in [4.78, 5) is 14.0. The molecule has 0 bridgehead atoms. The Balaban J connectivity index is 1.97. The van der Waals surface area contributed by atoms with Crippen LogP contribution in [0.3, 0.4) is 0 Å². The van der Waals surface area contributed by atoms with Crippen LogP contribution in [0.15, 0.2) is 0 Å². The fourth-order valence-corrected chi connectivity index (χ4v) is 2.28. The molecule has 2 nitrogen and oxygen atoms in total. The van der Waals surface area contributed by atoms with Crippen LogP contribution in [-0.2, 0) is 4.79 Å². The van der Waals surface area contributed by atoms with Gasteiger partial charge in [-0.1, -0.05) is 13.8 Å². The number of amides is 1. The van der Waals surface area contributed by atoms with E-state index in [1.807, 2.05) is 0 Å². The summed E-state index contributed by atoms with van der Waals surface area (Å²) in [7, 11) is 0. The summed E-state index contributed by atoms with van der Waals surface area (Å²) in [5.41, 5.74) is 0. The van der Waals surface area contributed by atoms with Crippen molar-refractivity contribution in [1.29, 1.82) is 0 Å². The zero-order chi connectivity index (χ0) is 9.59. The summed E-state index contributed by atoms with van der Waals surface area (Å²) in [5, 5.41) is 0. The molecule has 1 aliphatic heterocycles. The molecule has 1 heterocycles. The van der Waals surface area contributed by atoms with Crippen molar-refractivity contribution >= 4 is 5.91 Å². The highest BCUT2D eigenvalue weighted by atomic mass is 16.2. The van der Waals surface area contributed by atoms with Gasteiger partial charge in [-0.25, -0.2) is 0 Å². The molecule has 2 heteroatoms. The van der Waals surface area contributed by atoms with Crippen molar-refractivity contribution in [3.8, 4) is 0 Å². The third-order valence-electron chi connectivity index (χ3n) is 3.85. The zero-order valence-electron chi connectivity index (χ0n) is 8.79. The van der Waals surface area contributed by atoms with Crippen molar-refractivity contribution in [3.05, 3.63) is 0 Å². The fraction of sp³-hybridized carbons (Fsp3) is 0.909. The van der Waals surface area contributed by atoms with Crippen molar-refractivity contribution in [2.24, 2.45) is 17.8 Å². The molecule has 0 aromatic carbocycles. The Morgan fingerprint density at radius 3 is 2.23 bits per heavy atom. The van der Waals surface area contributed by atoms with E-state index >= 15 is 0 Å². The van der Waals surface area contributed by atoms with Gasteiger partial charge in [-0.15, -0.1) is 0 Å². The number of rotatable bonds is 1. The second-order valence-electron chi connectivity index (χ2n) is 4.86. The van der Waals surface area contributed by atoms with Crippen molar-refractivity contribution in [1.82, 2.24) is 4.90 Å². The lowest BCUT2D eigenvalue weighted by molar-refractivity contribution is -0.133. The van der Waals surface area contributed by atoms with Crippen molar-refractivity contribution < 1.29 is 4.79 Å². The average Bonchev–Trinajstić information content (AvgIpc) is 2.73. The summed E-state index contributed by atoms with van der Waals surface area (Å²) in [6, 6.07) is 0.472. The first-order valence-corrected chi connectivity index (χ1v) is 5.41. The molecule has 4 atom stereocenters. The second kappa shape index (κ2) is 3.00. The summed E-state index contributed by atoms with van der Waals surface area (Å²) in [6.07, 6.45) is 2.31. The minimum absolute atomic E-state index is 0.368. The van der Waals surface area contributed by atoms with E-state index in [-0.39, 0.29) is 0 Å². The van der Waals surface area contributed by atoms with Gasteiger partial charge in [-0.05, 0) is 31.6 Å². The van der Waals surface area contributed by atoms with E-state index in [1.54, 1.807) is 0 Å². The number of carbonyl (C=O) groups excluding carboxylic acids is 1. The number of nitrogens with zero attached hydrogens (tertiary/aromatic N) is 1. The summed E-state index contributed by atoms with van der Waals surface area (Å²) in [5.74, 6) is 2.13. The third-order valence-corrected chi connectivity index (χ3v) is 3.85. The van der Waals surface area contributed by atoms with Crippen LogP contribution in [0.5, 0.6) is 0 Å². The number of carbonyl (C=O) groups is 1. The highest BCUT2D eigenvalue weighted by molar-refractivity contribution is 5.82. The van der Waals surface area contributed by atoms with Gasteiger partial charge in [-0.2, -0.15) is 0 Å². The molecule has 74 valence electrons. The minimum atomic E-state index is 0.368. The van der Waals surface area contributed by atoms with Gasteiger partial charge >= 0.3 is 0 Å². The van der Waals surface area contributed by atoms with E-state index in [9.17, 15) is 4.79 Å². The first kappa shape index (κ1) is 9.04. The Bertz CT molecular complexity index is 226. The molecule has 1 aliphatic carbocycles. The average molecular weight is 181 g/mol. The molecule has 13 heavy (non-hydrogen) atoms. The quantitative estimate of drug-likeness (QED) is 0.605. The molecule has 2 rings (SSSR count). The van der Waals surface area contributed by atoms with Crippen LogP contribution in [0.4, 0.5) is 0 Å². The van der Waals surface area contributed by atoms with Gasteiger partial charge in [0.1, 0.15) is 0 Å². The highest BCUT2D eigenvalue weighted by Crippen LogP contribution is 2.41. The third kappa shape index (κ3) is 1.47. The Morgan fingerprint density at radius 1 is 1.23 bits per heavy atom. The molecule has 1 amide bonds. The molecule has 2 aliphatic rings. The van der Waals surface area contributed by atoms with Gasteiger partial charge in [-0.3, -0.25) is 4.79 Å². The van der Waals surface area contributed by atoms with Crippen molar-refractivity contribution in [2.45, 2.75) is 39.7 Å². The Labute approximate surface area is 80.3 Å². The maximum Gasteiger partial charge on any atom is 0.226 e. The van der Waals surface area contributed by atoms with Crippen LogP contribution in [0, 0.1) is 17.8 Å². The minimum Gasteiger partial charge on any atom is -0.339 e. The van der Waals surface area contributed by atoms with Gasteiger partial charge in [0.2, 0.25) is 5.91 Å². The van der Waals surface area contributed by atoms with E-state index in [4.69, 9.17) is 0 Å². The molecule has 0 spiro atoms. The van der Waals surface area contributed by atoms with Gasteiger partial charge in [0.05, 0.1) is 0 Å². The van der Waals surface area contributed by atoms with Crippen molar-refractivity contribution in [3.63, 3.8) is 0 Å². The maximum absolute atomic E-state index is 11.9. The highest BCUT2D eigenvalue weighted by Gasteiger charge is 2.44. The van der Waals surface area contributed by atoms with Gasteiger partial charge in [0.15, 0.2) is 0 Å². The smallest absolute Gasteiger partial charge is 0.226 e. The lowest BCUT2D eigenvalue weighted by Crippen LogP contribution is -2.36. The van der Waals surface area contributed by atoms with E-state index in [0.29, 0.717) is 29.7 Å². The number of hydrogen-bond acceptors (Lipinski definition) is 1. The van der Waals surface area contributed by atoms with E-state index in [1.165, 1.54) is 6.42 Å². The second-order valence-corrected chi connectivity index (χ2v) is 4.86. The van der Waals surface area contributed by atoms with Crippen LogP contribution in [0.25, 0.3) is 0 Å². The SMILES string of the molecule is CC1CCN(C(=O)[C@H]2C[C@@H]2C)C1C. The summed E-state index contributed by atoms with van der Waals surface area (Å²) >= 11 is 0. The Kier molecular flexibility index (Phi) is 2.09. The first-order valence-electron chi connectivity index (χ1n) is 5.41. The lowest BCUT2D eigenvalue weighted by atomic mass is 10.1. The largest absolute Gasteiger partial charge is 0.339 e. The predicted molar refractivity (Wildman–Crippen MR) is 52.2 cm³/mol. The predicted octanol–water partition coefficient (Wildman–Crippen LogP) is 1.90. The molecular formula is C11H19NO. The van der Waals surface area contributed by atoms with Crippen LogP contribution in [0.2, 0.25) is 0 Å². The Morgan fingerprint density at radius 2 is 1.85 bits per heavy atom. The van der Waals surface area contributed by atoms with Crippen LogP contribution < -0.4 is 0 Å². The maximum atomic E-state index is 11.9. The summed E-state index contributed by atoms with van der Waals surface area (Å²) < 4.78 is 0. The van der Waals surface area contributed by atoms with Crippen LogP contribution in [0.1, 0.15) is 33.6 Å². The molecular weight excluding hydrogens is 162 g/mol. The molecule has 0 N–H and O–H groups in total. The van der Waals surface area contributed by atoms with Crippen LogP contribution >= 0.6 is 0 Å². The monoisotopic (exact) mass is 181 g/mol. The molecule has 1 saturated heterocycles. The van der Waals surface area contributed by atoms with E-state index in [2.05, 4.69) is 25.7 Å². The molecule has 0 radical (unpaired) electrons. The van der Waals surface area contributed by atoms with Gasteiger partial charge < -0.3 is 4.90 Å². The standard InChI is InChI=1S/C11H19NO/c1-7-4-5-12(9(7)3)11(13)10-6-8(10)2/h7-10H,4-6H2,1-3H3/t7?,8-,9?,10-/m0/s1.